The summed E-state index contributed by atoms with van der Waals surface area (Å²) in [5.41, 5.74) is 1.66. The maximum absolute atomic E-state index is 12.6. The molecule has 1 amide bonds. The molecule has 4 rings (SSSR count). The first-order valence-electron chi connectivity index (χ1n) is 9.21. The van der Waals surface area contributed by atoms with Crippen molar-refractivity contribution in [3.8, 4) is 5.75 Å². The number of nitrogens with one attached hydrogen (secondary N) is 1. The highest BCUT2D eigenvalue weighted by Gasteiger charge is 2.13. The summed E-state index contributed by atoms with van der Waals surface area (Å²) in [6.07, 6.45) is 3.61. The number of benzene rings is 2. The minimum absolute atomic E-state index is 0.129. The smallest absolute Gasteiger partial charge is 0.291 e. The van der Waals surface area contributed by atoms with Gasteiger partial charge in [-0.05, 0) is 64.0 Å². The van der Waals surface area contributed by atoms with Gasteiger partial charge >= 0.3 is 0 Å². The highest BCUT2D eigenvalue weighted by Crippen LogP contribution is 2.28. The first-order valence-corrected chi connectivity index (χ1v) is 10.8. The molecule has 2 aromatic heterocycles. The molecular weight excluding hydrogens is 505 g/mol. The second-order valence-corrected chi connectivity index (χ2v) is 8.40. The van der Waals surface area contributed by atoms with Gasteiger partial charge in [0.15, 0.2) is 5.76 Å². The maximum Gasteiger partial charge on any atom is 0.291 e. The lowest BCUT2D eigenvalue weighted by atomic mass is 10.2. The fraction of sp³-hybridized carbons (Fsp3) is 0.0909. The van der Waals surface area contributed by atoms with Crippen LogP contribution in [0.3, 0.4) is 0 Å². The van der Waals surface area contributed by atoms with E-state index in [0.717, 1.165) is 10.0 Å². The van der Waals surface area contributed by atoms with E-state index in [9.17, 15) is 4.79 Å². The average molecular weight is 521 g/mol. The largest absolute Gasteiger partial charge is 0.484 e. The Hall–Kier alpha value is -2.74. The van der Waals surface area contributed by atoms with Gasteiger partial charge in [0.1, 0.15) is 18.1 Å². The van der Waals surface area contributed by atoms with Crippen LogP contribution in [0, 0.1) is 0 Å². The molecule has 6 nitrogen and oxygen atoms in total. The third-order valence-corrected chi connectivity index (χ3v) is 5.22. The fourth-order valence-electron chi connectivity index (χ4n) is 2.87. The normalized spacial score (nSPS) is 10.8. The highest BCUT2D eigenvalue weighted by molar-refractivity contribution is 9.10. The van der Waals surface area contributed by atoms with Crippen LogP contribution in [0.2, 0.25) is 10.0 Å². The molecule has 0 unspecified atom stereocenters. The van der Waals surface area contributed by atoms with Gasteiger partial charge in [0.2, 0.25) is 0 Å². The summed E-state index contributed by atoms with van der Waals surface area (Å²) in [5, 5.41) is 8.01. The Kier molecular flexibility index (Phi) is 6.65. The molecule has 0 radical (unpaired) electrons. The molecule has 31 heavy (non-hydrogen) atoms. The SMILES string of the molecule is O=C(Nc1cccc(Cn2cc(Br)cn2)c1)c1ccc(COc2ccc(Cl)cc2Cl)o1. The van der Waals surface area contributed by atoms with Crippen molar-refractivity contribution in [2.24, 2.45) is 0 Å². The van der Waals surface area contributed by atoms with E-state index in [1.165, 1.54) is 0 Å². The van der Waals surface area contributed by atoms with Gasteiger partial charge in [0.25, 0.3) is 5.91 Å². The summed E-state index contributed by atoms with van der Waals surface area (Å²) < 4.78 is 14.0. The molecule has 2 heterocycles. The summed E-state index contributed by atoms with van der Waals surface area (Å²) in [6, 6.07) is 15.8. The van der Waals surface area contributed by atoms with Crippen LogP contribution in [0.5, 0.6) is 5.75 Å². The number of rotatable bonds is 7. The van der Waals surface area contributed by atoms with E-state index in [2.05, 4.69) is 26.3 Å². The van der Waals surface area contributed by atoms with Crippen LogP contribution in [-0.2, 0) is 13.2 Å². The van der Waals surface area contributed by atoms with Crippen LogP contribution >= 0.6 is 39.1 Å². The summed E-state index contributed by atoms with van der Waals surface area (Å²) in [7, 11) is 0. The van der Waals surface area contributed by atoms with E-state index in [1.807, 2.05) is 30.5 Å². The summed E-state index contributed by atoms with van der Waals surface area (Å²) in [5.74, 6) is 0.806. The van der Waals surface area contributed by atoms with Gasteiger partial charge in [0.05, 0.1) is 22.2 Å². The van der Waals surface area contributed by atoms with Gasteiger partial charge in [-0.3, -0.25) is 9.48 Å². The van der Waals surface area contributed by atoms with Gasteiger partial charge in [-0.25, -0.2) is 0 Å². The molecule has 4 aromatic rings. The van der Waals surface area contributed by atoms with E-state index in [-0.39, 0.29) is 18.3 Å². The molecule has 0 aliphatic carbocycles. The number of hydrogen-bond donors (Lipinski definition) is 1. The average Bonchev–Trinajstić information content (AvgIpc) is 3.37. The van der Waals surface area contributed by atoms with Crippen molar-refractivity contribution >= 4 is 50.7 Å². The minimum Gasteiger partial charge on any atom is -0.484 e. The molecule has 158 valence electrons. The standard InChI is InChI=1S/C22H16BrCl2N3O3/c23-15-10-26-28(12-15)11-14-2-1-3-17(8-14)27-22(29)21-7-5-18(31-21)13-30-20-6-4-16(24)9-19(20)25/h1-10,12H,11,13H2,(H,27,29). The Balaban J connectivity index is 1.37. The molecular formula is C22H16BrCl2N3O3. The van der Waals surface area contributed by atoms with Crippen molar-refractivity contribution in [2.75, 3.05) is 5.32 Å². The number of furan rings is 1. The molecule has 0 saturated carbocycles. The maximum atomic E-state index is 12.6. The predicted molar refractivity (Wildman–Crippen MR) is 123 cm³/mol. The fourth-order valence-corrected chi connectivity index (χ4v) is 3.66. The zero-order valence-electron chi connectivity index (χ0n) is 16.0. The van der Waals surface area contributed by atoms with Gasteiger partial charge in [0, 0.05) is 16.9 Å². The molecule has 0 fully saturated rings. The van der Waals surface area contributed by atoms with Crippen molar-refractivity contribution in [3.63, 3.8) is 0 Å². The monoisotopic (exact) mass is 519 g/mol. The number of carbonyl (C=O) groups excluding carboxylic acids is 1. The molecule has 0 bridgehead atoms. The second kappa shape index (κ2) is 9.60. The van der Waals surface area contributed by atoms with Gasteiger partial charge in [-0.15, -0.1) is 0 Å². The van der Waals surface area contributed by atoms with Crippen LogP contribution < -0.4 is 10.1 Å². The van der Waals surface area contributed by atoms with Gasteiger partial charge in [-0.1, -0.05) is 35.3 Å². The Labute approximate surface area is 196 Å². The molecule has 9 heteroatoms. The van der Waals surface area contributed by atoms with Crippen LogP contribution in [0.15, 0.2) is 75.9 Å². The second-order valence-electron chi connectivity index (χ2n) is 6.64. The Morgan fingerprint density at radius 3 is 2.81 bits per heavy atom. The van der Waals surface area contributed by atoms with Gasteiger partial charge in [-0.2, -0.15) is 5.10 Å². The van der Waals surface area contributed by atoms with E-state index in [4.69, 9.17) is 32.4 Å². The third-order valence-electron chi connectivity index (χ3n) is 4.28. The number of carbonyl (C=O) groups is 1. The Bertz CT molecular complexity index is 1220. The van der Waals surface area contributed by atoms with E-state index in [0.29, 0.717) is 33.8 Å². The molecule has 2 aromatic carbocycles. The van der Waals surface area contributed by atoms with Crippen molar-refractivity contribution in [3.05, 3.63) is 98.6 Å². The Morgan fingerprint density at radius 1 is 1.16 bits per heavy atom. The number of hydrogen-bond acceptors (Lipinski definition) is 4. The van der Waals surface area contributed by atoms with E-state index in [1.54, 1.807) is 41.2 Å². The lowest BCUT2D eigenvalue weighted by molar-refractivity contribution is 0.0992. The number of ether oxygens (including phenoxy) is 1. The van der Waals surface area contributed by atoms with E-state index < -0.39 is 0 Å². The number of halogens is 3. The predicted octanol–water partition coefficient (Wildman–Crippen LogP) is 6.43. The molecule has 0 saturated heterocycles. The van der Waals surface area contributed by atoms with Crippen molar-refractivity contribution < 1.29 is 13.9 Å². The number of amides is 1. The van der Waals surface area contributed by atoms with Crippen LogP contribution in [-0.4, -0.2) is 15.7 Å². The summed E-state index contributed by atoms with van der Waals surface area (Å²) in [4.78, 5) is 12.6. The lowest BCUT2D eigenvalue weighted by Crippen LogP contribution is -2.11. The topological polar surface area (TPSA) is 69.3 Å². The van der Waals surface area contributed by atoms with Crippen molar-refractivity contribution in [1.29, 1.82) is 0 Å². The van der Waals surface area contributed by atoms with Gasteiger partial charge < -0.3 is 14.5 Å². The summed E-state index contributed by atoms with van der Waals surface area (Å²) in [6.45, 7) is 0.717. The minimum atomic E-state index is -0.352. The number of anilines is 1. The lowest BCUT2D eigenvalue weighted by Gasteiger charge is -2.07. The Morgan fingerprint density at radius 2 is 2.03 bits per heavy atom. The molecule has 0 atom stereocenters. The zero-order valence-corrected chi connectivity index (χ0v) is 19.1. The molecule has 0 aliphatic rings. The first kappa shape index (κ1) is 21.5. The van der Waals surface area contributed by atoms with Crippen LogP contribution in [0.1, 0.15) is 21.9 Å². The first-order chi connectivity index (χ1) is 15.0. The highest BCUT2D eigenvalue weighted by atomic mass is 79.9. The molecule has 0 spiro atoms. The molecule has 0 aliphatic heterocycles. The van der Waals surface area contributed by atoms with Crippen LogP contribution in [0.25, 0.3) is 0 Å². The quantitative estimate of drug-likeness (QED) is 0.305. The summed E-state index contributed by atoms with van der Waals surface area (Å²) >= 11 is 15.4. The third kappa shape index (κ3) is 5.70. The van der Waals surface area contributed by atoms with Crippen LogP contribution in [0.4, 0.5) is 5.69 Å². The number of aromatic nitrogens is 2. The van der Waals surface area contributed by atoms with Crippen molar-refractivity contribution in [2.45, 2.75) is 13.2 Å². The van der Waals surface area contributed by atoms with Crippen molar-refractivity contribution in [1.82, 2.24) is 9.78 Å². The number of nitrogens with zero attached hydrogens (tertiary/aromatic N) is 2. The van der Waals surface area contributed by atoms with E-state index >= 15 is 0 Å². The molecule has 1 N–H and O–H groups in total. The zero-order chi connectivity index (χ0) is 21.8.